The van der Waals surface area contributed by atoms with E-state index in [9.17, 15) is 18.3 Å². The minimum atomic E-state index is -3.79. The van der Waals surface area contributed by atoms with Gasteiger partial charge in [-0.3, -0.25) is 9.71 Å². The lowest BCUT2D eigenvalue weighted by molar-refractivity contribution is 0.0693. The number of hydrogen-bond donors (Lipinski definition) is 4. The van der Waals surface area contributed by atoms with Gasteiger partial charge in [0.1, 0.15) is 17.1 Å². The summed E-state index contributed by atoms with van der Waals surface area (Å²) in [5.74, 6) is -1.46. The molecule has 4 N–H and O–H groups in total. The predicted molar refractivity (Wildman–Crippen MR) is 198 cm³/mol. The molecular formula is C36H40ClN7O5S. The van der Waals surface area contributed by atoms with Crippen molar-refractivity contribution in [2.45, 2.75) is 44.6 Å². The Balaban J connectivity index is 0.000000232. The first-order chi connectivity index (χ1) is 24.0. The van der Waals surface area contributed by atoms with Crippen molar-refractivity contribution < 1.29 is 23.4 Å². The number of rotatable bonds is 14. The summed E-state index contributed by atoms with van der Waals surface area (Å²) in [6.45, 7) is 10.1. The number of aromatic carboxylic acids is 1. The zero-order chi connectivity index (χ0) is 36.1. The van der Waals surface area contributed by atoms with E-state index in [4.69, 9.17) is 16.7 Å². The van der Waals surface area contributed by atoms with Crippen molar-refractivity contribution in [1.29, 1.82) is 0 Å². The number of anilines is 2. The number of halogens is 1. The lowest BCUT2D eigenvalue weighted by atomic mass is 10.1. The van der Waals surface area contributed by atoms with E-state index in [1.54, 1.807) is 12.1 Å². The second-order valence-corrected chi connectivity index (χ2v) is 13.4. The van der Waals surface area contributed by atoms with Gasteiger partial charge in [-0.2, -0.15) is 10.2 Å². The van der Waals surface area contributed by atoms with Gasteiger partial charge >= 0.3 is 5.97 Å². The normalized spacial score (nSPS) is 12.0. The highest BCUT2D eigenvalue weighted by Gasteiger charge is 2.15. The summed E-state index contributed by atoms with van der Waals surface area (Å²) >= 11 is 6.04. The number of aromatic nitrogens is 2. The van der Waals surface area contributed by atoms with Crippen LogP contribution in [0.25, 0.3) is 10.9 Å². The maximum atomic E-state index is 12.3. The van der Waals surface area contributed by atoms with Crippen molar-refractivity contribution in [3.8, 4) is 5.75 Å². The number of nitrogens with zero attached hydrogens (tertiary/aromatic N) is 5. The van der Waals surface area contributed by atoms with E-state index >= 15 is 0 Å². The van der Waals surface area contributed by atoms with Crippen molar-refractivity contribution >= 4 is 61.4 Å². The van der Waals surface area contributed by atoms with Crippen LogP contribution < -0.4 is 10.0 Å². The molecule has 1 unspecified atom stereocenters. The van der Waals surface area contributed by atoms with Gasteiger partial charge in [0.25, 0.3) is 10.0 Å². The predicted octanol–water partition coefficient (Wildman–Crippen LogP) is 8.51. The fourth-order valence-electron chi connectivity index (χ4n) is 4.93. The van der Waals surface area contributed by atoms with Crippen LogP contribution in [0.5, 0.6) is 5.75 Å². The second kappa shape index (κ2) is 18.0. The summed E-state index contributed by atoms with van der Waals surface area (Å²) < 4.78 is 27.0. The lowest BCUT2D eigenvalue weighted by Crippen LogP contribution is -2.25. The number of hydrogen-bond acceptors (Lipinski definition) is 10. The summed E-state index contributed by atoms with van der Waals surface area (Å²) in [6, 6.07) is 22.6. The first-order valence-corrected chi connectivity index (χ1v) is 17.9. The molecule has 0 bridgehead atoms. The Hall–Kier alpha value is -5.11. The minimum absolute atomic E-state index is 0.0231. The highest BCUT2D eigenvalue weighted by molar-refractivity contribution is 7.92. The van der Waals surface area contributed by atoms with Gasteiger partial charge in [0, 0.05) is 34.5 Å². The molecule has 50 heavy (non-hydrogen) atoms. The number of aromatic hydroxyl groups is 1. The van der Waals surface area contributed by atoms with Gasteiger partial charge in [-0.1, -0.05) is 31.5 Å². The highest BCUT2D eigenvalue weighted by Crippen LogP contribution is 2.27. The Morgan fingerprint density at radius 2 is 1.64 bits per heavy atom. The number of carbonyl (C=O) groups is 1. The van der Waals surface area contributed by atoms with Crippen LogP contribution in [0.15, 0.2) is 112 Å². The topological polar surface area (TPSA) is 169 Å². The quantitative estimate of drug-likeness (QED) is 0.0823. The van der Waals surface area contributed by atoms with Gasteiger partial charge in [-0.25, -0.2) is 18.2 Å². The van der Waals surface area contributed by atoms with Crippen LogP contribution in [0.1, 0.15) is 44.0 Å². The second-order valence-electron chi connectivity index (χ2n) is 11.3. The van der Waals surface area contributed by atoms with Crippen molar-refractivity contribution in [1.82, 2.24) is 14.9 Å². The van der Waals surface area contributed by atoms with Crippen molar-refractivity contribution in [3.05, 3.63) is 108 Å². The summed E-state index contributed by atoms with van der Waals surface area (Å²) in [5, 5.41) is 31.8. The molecule has 0 aliphatic rings. The Morgan fingerprint density at radius 3 is 2.32 bits per heavy atom. The van der Waals surface area contributed by atoms with E-state index in [1.807, 2.05) is 30.5 Å². The van der Waals surface area contributed by atoms with Crippen molar-refractivity contribution in [3.63, 3.8) is 0 Å². The van der Waals surface area contributed by atoms with E-state index < -0.39 is 16.0 Å². The van der Waals surface area contributed by atoms with E-state index in [2.05, 4.69) is 55.9 Å². The minimum Gasteiger partial charge on any atom is -0.507 e. The third kappa shape index (κ3) is 11.0. The molecule has 0 amide bonds. The summed E-state index contributed by atoms with van der Waals surface area (Å²) in [5.41, 5.74) is 2.37. The zero-order valence-electron chi connectivity index (χ0n) is 28.0. The molecule has 2 heterocycles. The number of carboxylic acids is 1. The Labute approximate surface area is 296 Å². The van der Waals surface area contributed by atoms with Gasteiger partial charge < -0.3 is 20.4 Å². The molecule has 1 atom stereocenters. The van der Waals surface area contributed by atoms with Crippen LogP contribution in [0, 0.1) is 0 Å². The van der Waals surface area contributed by atoms with E-state index in [0.717, 1.165) is 41.1 Å². The molecule has 0 saturated carbocycles. The fraction of sp³-hybridized carbons (Fsp3) is 0.250. The molecule has 12 nitrogen and oxygen atoms in total. The summed E-state index contributed by atoms with van der Waals surface area (Å²) in [7, 11) is -3.79. The SMILES string of the molecule is CCN(CC)CCCC(C)Nc1ccnc2cc(Cl)ccc12.O=C(O)c1cc(/N=N/c2ccc(S(=O)(=O)Nc3ccccn3)cc2)ccc1O. The summed E-state index contributed by atoms with van der Waals surface area (Å²) in [4.78, 5) is 21.8. The number of benzene rings is 3. The molecule has 0 spiro atoms. The molecule has 5 rings (SSSR count). The molecule has 3 aromatic carbocycles. The smallest absolute Gasteiger partial charge is 0.339 e. The molecule has 0 aliphatic heterocycles. The number of nitrogens with one attached hydrogen (secondary N) is 2. The third-order valence-electron chi connectivity index (χ3n) is 7.65. The van der Waals surface area contributed by atoms with Crippen LogP contribution in [0.3, 0.4) is 0 Å². The van der Waals surface area contributed by atoms with E-state index in [0.29, 0.717) is 11.7 Å². The van der Waals surface area contributed by atoms with Gasteiger partial charge in [0.15, 0.2) is 0 Å². The largest absolute Gasteiger partial charge is 0.507 e. The average molecular weight is 718 g/mol. The van der Waals surface area contributed by atoms with Gasteiger partial charge in [0.2, 0.25) is 0 Å². The highest BCUT2D eigenvalue weighted by atomic mass is 35.5. The molecule has 2 aromatic heterocycles. The van der Waals surface area contributed by atoms with Crippen molar-refractivity contribution in [2.24, 2.45) is 10.2 Å². The summed E-state index contributed by atoms with van der Waals surface area (Å²) in [6.07, 6.45) is 5.68. The molecule has 0 aliphatic carbocycles. The Bertz CT molecular complexity index is 2010. The number of pyridine rings is 2. The van der Waals surface area contributed by atoms with Crippen LogP contribution in [-0.2, 0) is 10.0 Å². The van der Waals surface area contributed by atoms with Crippen LogP contribution in [0.4, 0.5) is 22.9 Å². The third-order valence-corrected chi connectivity index (χ3v) is 9.26. The molecule has 5 aromatic rings. The van der Waals surface area contributed by atoms with Crippen LogP contribution in [0.2, 0.25) is 5.02 Å². The van der Waals surface area contributed by atoms with Gasteiger partial charge in [-0.05, 0) is 118 Å². The number of phenols is 1. The Kier molecular flexibility index (Phi) is 13.6. The first kappa shape index (κ1) is 37.7. The van der Waals surface area contributed by atoms with Crippen molar-refractivity contribution in [2.75, 3.05) is 29.7 Å². The average Bonchev–Trinajstić information content (AvgIpc) is 3.10. The van der Waals surface area contributed by atoms with Gasteiger partial charge in [0.05, 0.1) is 21.8 Å². The number of carboxylic acid groups (broad SMARTS) is 1. The number of sulfonamides is 1. The first-order valence-electron chi connectivity index (χ1n) is 16.0. The molecular weight excluding hydrogens is 678 g/mol. The zero-order valence-corrected chi connectivity index (χ0v) is 29.6. The number of fused-ring (bicyclic) bond motifs is 1. The Morgan fingerprint density at radius 1 is 0.920 bits per heavy atom. The van der Waals surface area contributed by atoms with Crippen LogP contribution in [-0.4, -0.2) is 65.1 Å². The maximum Gasteiger partial charge on any atom is 0.339 e. The maximum absolute atomic E-state index is 12.3. The van der Waals surface area contributed by atoms with E-state index in [1.165, 1.54) is 67.7 Å². The van der Waals surface area contributed by atoms with E-state index in [-0.39, 0.29) is 27.7 Å². The monoisotopic (exact) mass is 717 g/mol. The van der Waals surface area contributed by atoms with Crippen LogP contribution >= 0.6 is 11.6 Å². The molecule has 14 heteroatoms. The number of azo groups is 1. The molecule has 0 saturated heterocycles. The van der Waals surface area contributed by atoms with Gasteiger partial charge in [-0.15, -0.1) is 0 Å². The molecule has 262 valence electrons. The lowest BCUT2D eigenvalue weighted by Gasteiger charge is -2.20. The fourth-order valence-corrected chi connectivity index (χ4v) is 6.10. The standard InChI is InChI=1S/C18H26ClN3.C18H14N4O5S/c1-4-22(5-2)12-6-7-14(3)21-17-10-11-20-18-13-15(19)8-9-16(17)18;23-16-9-6-13(11-15(16)18(24)25)21-20-12-4-7-14(8-5-12)28(26,27)22-17-3-1-2-10-19-17/h8-11,13-14H,4-7,12H2,1-3H3,(H,20,21);1-11,23H,(H,19,22)(H,24,25)/b;21-20+. The molecule has 0 radical (unpaired) electrons. The molecule has 0 fully saturated rings.